The Hall–Kier alpha value is -2.93. The van der Waals surface area contributed by atoms with Gasteiger partial charge in [0.2, 0.25) is 5.95 Å². The van der Waals surface area contributed by atoms with Crippen molar-refractivity contribution in [2.75, 3.05) is 18.5 Å². The average molecular weight is 365 g/mol. The van der Waals surface area contributed by atoms with E-state index in [9.17, 15) is 0 Å². The summed E-state index contributed by atoms with van der Waals surface area (Å²) in [6, 6.07) is 11.8. The van der Waals surface area contributed by atoms with Crippen molar-refractivity contribution in [2.45, 2.75) is 32.3 Å². The quantitative estimate of drug-likeness (QED) is 0.719. The van der Waals surface area contributed by atoms with Crippen LogP contribution >= 0.6 is 0 Å². The number of hydrogen-bond donors (Lipinski definition) is 1. The minimum Gasteiger partial charge on any atom is -0.489 e. The number of rotatable bonds is 6. The maximum absolute atomic E-state index is 5.88. The summed E-state index contributed by atoms with van der Waals surface area (Å²) in [5.74, 6) is 1.22. The lowest BCUT2D eigenvalue weighted by Gasteiger charge is -2.22. The largest absolute Gasteiger partial charge is 0.489 e. The first-order valence-corrected chi connectivity index (χ1v) is 9.23. The van der Waals surface area contributed by atoms with Gasteiger partial charge in [0.25, 0.3) is 0 Å². The molecule has 1 atom stereocenters. The van der Waals surface area contributed by atoms with E-state index in [1.807, 2.05) is 43.3 Å². The predicted octanol–water partition coefficient (Wildman–Crippen LogP) is 3.66. The van der Waals surface area contributed by atoms with E-state index in [2.05, 4.69) is 20.4 Å². The van der Waals surface area contributed by atoms with Crippen molar-refractivity contribution in [2.24, 2.45) is 0 Å². The van der Waals surface area contributed by atoms with Crippen molar-refractivity contribution in [3.05, 3.63) is 54.6 Å². The summed E-state index contributed by atoms with van der Waals surface area (Å²) in [4.78, 5) is 8.74. The monoisotopic (exact) mass is 365 g/mol. The Morgan fingerprint density at radius 1 is 1.22 bits per heavy atom. The maximum atomic E-state index is 5.88. The second-order valence-electron chi connectivity index (χ2n) is 6.58. The lowest BCUT2D eigenvalue weighted by molar-refractivity contribution is -0.0111. The second kappa shape index (κ2) is 8.18. The van der Waals surface area contributed by atoms with Crippen LogP contribution in [-0.4, -0.2) is 39.1 Å². The highest BCUT2D eigenvalue weighted by Crippen LogP contribution is 2.23. The van der Waals surface area contributed by atoms with Crippen LogP contribution in [0.2, 0.25) is 0 Å². The molecule has 2 aromatic heterocycles. The molecule has 1 saturated heterocycles. The Morgan fingerprint density at radius 3 is 2.93 bits per heavy atom. The molecule has 4 rings (SSSR count). The molecule has 0 saturated carbocycles. The average Bonchev–Trinajstić information content (AvgIpc) is 3.19. The molecule has 0 aliphatic carbocycles. The van der Waals surface area contributed by atoms with Gasteiger partial charge < -0.3 is 14.8 Å². The van der Waals surface area contributed by atoms with Crippen LogP contribution in [0.15, 0.2) is 48.9 Å². The number of pyridine rings is 1. The van der Waals surface area contributed by atoms with E-state index in [1.54, 1.807) is 17.2 Å². The van der Waals surface area contributed by atoms with Crippen LogP contribution in [-0.2, 0) is 4.74 Å². The van der Waals surface area contributed by atoms with Gasteiger partial charge in [0.05, 0.1) is 29.4 Å². The molecule has 0 spiro atoms. The third kappa shape index (κ3) is 4.43. The number of aromatic nitrogens is 4. The number of ether oxygens (including phenoxy) is 2. The van der Waals surface area contributed by atoms with Crippen molar-refractivity contribution in [1.29, 1.82) is 0 Å². The number of para-hydroxylation sites is 1. The molecule has 1 aromatic carbocycles. The van der Waals surface area contributed by atoms with Crippen LogP contribution in [0.25, 0.3) is 5.69 Å². The molecule has 27 heavy (non-hydrogen) atoms. The van der Waals surface area contributed by atoms with Crippen LogP contribution < -0.4 is 10.1 Å². The topological polar surface area (TPSA) is 74.1 Å². The molecule has 7 heteroatoms. The van der Waals surface area contributed by atoms with Crippen LogP contribution in [0.5, 0.6) is 5.75 Å². The molecule has 3 aromatic rings. The second-order valence-corrected chi connectivity index (χ2v) is 6.58. The third-order valence-electron chi connectivity index (χ3n) is 4.53. The van der Waals surface area contributed by atoms with Gasteiger partial charge >= 0.3 is 0 Å². The van der Waals surface area contributed by atoms with Crippen molar-refractivity contribution >= 4 is 11.6 Å². The molecule has 0 radical (unpaired) electrons. The van der Waals surface area contributed by atoms with Gasteiger partial charge in [0.1, 0.15) is 18.7 Å². The summed E-state index contributed by atoms with van der Waals surface area (Å²) >= 11 is 0. The molecule has 3 heterocycles. The highest BCUT2D eigenvalue weighted by molar-refractivity contribution is 5.58. The number of nitrogens with one attached hydrogen (secondary N) is 1. The molecule has 0 amide bonds. The Balaban J connectivity index is 1.43. The fourth-order valence-electron chi connectivity index (χ4n) is 2.99. The van der Waals surface area contributed by atoms with E-state index in [0.29, 0.717) is 18.3 Å². The molecule has 1 N–H and O–H groups in total. The lowest BCUT2D eigenvalue weighted by atomic mass is 10.1. The summed E-state index contributed by atoms with van der Waals surface area (Å²) < 4.78 is 13.3. The molecule has 1 aliphatic rings. The zero-order valence-electron chi connectivity index (χ0n) is 15.3. The van der Waals surface area contributed by atoms with Crippen molar-refractivity contribution < 1.29 is 9.47 Å². The molecule has 1 fully saturated rings. The summed E-state index contributed by atoms with van der Waals surface area (Å²) in [7, 11) is 0. The minimum atomic E-state index is 0.166. The van der Waals surface area contributed by atoms with Gasteiger partial charge in [0.15, 0.2) is 0 Å². The number of anilines is 2. The van der Waals surface area contributed by atoms with Crippen LogP contribution in [0, 0.1) is 6.92 Å². The van der Waals surface area contributed by atoms with E-state index in [-0.39, 0.29) is 6.10 Å². The first kappa shape index (κ1) is 17.5. The van der Waals surface area contributed by atoms with E-state index >= 15 is 0 Å². The molecule has 1 aliphatic heterocycles. The highest BCUT2D eigenvalue weighted by atomic mass is 16.5. The molecular formula is C20H23N5O2. The predicted molar refractivity (Wildman–Crippen MR) is 103 cm³/mol. The minimum absolute atomic E-state index is 0.166. The van der Waals surface area contributed by atoms with Crippen molar-refractivity contribution in [3.63, 3.8) is 0 Å². The van der Waals surface area contributed by atoms with E-state index in [4.69, 9.17) is 9.47 Å². The zero-order chi connectivity index (χ0) is 18.5. The SMILES string of the molecule is Cc1ncc(OCC2CCCCO2)cc1Nc1ncn(-c2ccccc2)n1. The highest BCUT2D eigenvalue weighted by Gasteiger charge is 2.15. The van der Waals surface area contributed by atoms with Gasteiger partial charge in [-0.1, -0.05) is 18.2 Å². The number of nitrogens with zero attached hydrogens (tertiary/aromatic N) is 4. The normalized spacial score (nSPS) is 16.9. The van der Waals surface area contributed by atoms with Crippen molar-refractivity contribution in [3.8, 4) is 11.4 Å². The summed E-state index contributed by atoms with van der Waals surface area (Å²) in [5, 5.41) is 7.70. The van der Waals surface area contributed by atoms with E-state index in [0.717, 1.165) is 36.5 Å². The van der Waals surface area contributed by atoms with Gasteiger partial charge in [-0.05, 0) is 38.3 Å². The van der Waals surface area contributed by atoms with Crippen LogP contribution in [0.1, 0.15) is 25.0 Å². The molecule has 0 bridgehead atoms. The fraction of sp³-hybridized carbons (Fsp3) is 0.350. The van der Waals surface area contributed by atoms with Gasteiger partial charge in [-0.25, -0.2) is 4.68 Å². The van der Waals surface area contributed by atoms with Gasteiger partial charge in [-0.3, -0.25) is 4.98 Å². The summed E-state index contributed by atoms with van der Waals surface area (Å²) in [5.41, 5.74) is 2.63. The van der Waals surface area contributed by atoms with Crippen LogP contribution in [0.3, 0.4) is 0 Å². The lowest BCUT2D eigenvalue weighted by Crippen LogP contribution is -2.25. The van der Waals surface area contributed by atoms with Gasteiger partial charge in [-0.15, -0.1) is 5.10 Å². The first-order valence-electron chi connectivity index (χ1n) is 9.23. The third-order valence-corrected chi connectivity index (χ3v) is 4.53. The summed E-state index contributed by atoms with van der Waals surface area (Å²) in [6.07, 6.45) is 6.97. The van der Waals surface area contributed by atoms with E-state index < -0.39 is 0 Å². The van der Waals surface area contributed by atoms with Crippen LogP contribution in [0.4, 0.5) is 11.6 Å². The molecule has 1 unspecified atom stereocenters. The standard InChI is InChI=1S/C20H23N5O2/c1-15-19(11-18(12-21-15)27-13-17-9-5-6-10-26-17)23-20-22-14-25(24-20)16-7-3-2-4-8-16/h2-4,7-8,11-12,14,17H,5-6,9-10,13H2,1H3,(H,23,24). The Kier molecular flexibility index (Phi) is 5.29. The van der Waals surface area contributed by atoms with Gasteiger partial charge in [0, 0.05) is 12.7 Å². The maximum Gasteiger partial charge on any atom is 0.247 e. The molecular weight excluding hydrogens is 342 g/mol. The Bertz CT molecular complexity index is 875. The zero-order valence-corrected chi connectivity index (χ0v) is 15.3. The van der Waals surface area contributed by atoms with Gasteiger partial charge in [-0.2, -0.15) is 4.98 Å². The fourth-order valence-corrected chi connectivity index (χ4v) is 2.99. The first-order chi connectivity index (χ1) is 13.3. The number of benzene rings is 1. The Morgan fingerprint density at radius 2 is 2.11 bits per heavy atom. The Labute approximate surface area is 158 Å². The van der Waals surface area contributed by atoms with Crippen molar-refractivity contribution in [1.82, 2.24) is 19.7 Å². The summed E-state index contributed by atoms with van der Waals surface area (Å²) in [6.45, 7) is 3.30. The molecule has 140 valence electrons. The molecule has 7 nitrogen and oxygen atoms in total. The number of aryl methyl sites for hydroxylation is 1. The number of hydrogen-bond acceptors (Lipinski definition) is 6. The van der Waals surface area contributed by atoms with E-state index in [1.165, 1.54) is 6.42 Å². The smallest absolute Gasteiger partial charge is 0.247 e.